The molecule has 20 heavy (non-hydrogen) atoms. The van der Waals surface area contributed by atoms with Crippen LogP contribution >= 0.6 is 11.6 Å². The molecule has 7 heteroatoms. The van der Waals surface area contributed by atoms with Crippen LogP contribution in [0.1, 0.15) is 10.4 Å². The fourth-order valence-corrected chi connectivity index (χ4v) is 1.63. The van der Waals surface area contributed by atoms with Gasteiger partial charge in [-0.3, -0.25) is 4.79 Å². The van der Waals surface area contributed by atoms with Crippen molar-refractivity contribution in [3.63, 3.8) is 0 Å². The highest BCUT2D eigenvalue weighted by Gasteiger charge is 2.16. The topological polar surface area (TPSA) is 29.1 Å². The van der Waals surface area contributed by atoms with Crippen molar-refractivity contribution in [2.24, 2.45) is 0 Å². The van der Waals surface area contributed by atoms with Crippen LogP contribution in [0.2, 0.25) is 5.02 Å². The first-order valence-corrected chi connectivity index (χ1v) is 5.67. The molecule has 2 aromatic rings. The number of hydrogen-bond donors (Lipinski definition) is 1. The average molecular weight is 304 g/mol. The molecule has 0 saturated heterocycles. The van der Waals surface area contributed by atoms with Crippen molar-refractivity contribution in [1.29, 1.82) is 0 Å². The van der Waals surface area contributed by atoms with Crippen molar-refractivity contribution in [2.45, 2.75) is 0 Å². The number of carbonyl (C=O) groups excluding carboxylic acids is 1. The second kappa shape index (κ2) is 5.50. The number of benzene rings is 2. The molecule has 2 aromatic carbocycles. The van der Waals surface area contributed by atoms with Crippen LogP contribution in [-0.2, 0) is 0 Å². The Kier molecular flexibility index (Phi) is 3.94. The molecule has 0 heterocycles. The number of anilines is 1. The SMILES string of the molecule is O=C(Nc1ccc(Cl)cc1F)c1cc(F)c(F)c(F)c1. The van der Waals surface area contributed by atoms with Gasteiger partial charge < -0.3 is 5.32 Å². The lowest BCUT2D eigenvalue weighted by Crippen LogP contribution is -2.14. The van der Waals surface area contributed by atoms with E-state index in [1.165, 1.54) is 12.1 Å². The van der Waals surface area contributed by atoms with Gasteiger partial charge in [0.05, 0.1) is 5.69 Å². The molecular weight excluding hydrogens is 298 g/mol. The fourth-order valence-electron chi connectivity index (χ4n) is 1.47. The predicted octanol–water partition coefficient (Wildman–Crippen LogP) is 4.15. The highest BCUT2D eigenvalue weighted by molar-refractivity contribution is 6.30. The van der Waals surface area contributed by atoms with E-state index < -0.39 is 34.7 Å². The number of amides is 1. The van der Waals surface area contributed by atoms with E-state index in [2.05, 4.69) is 5.32 Å². The van der Waals surface area contributed by atoms with Crippen LogP contribution in [-0.4, -0.2) is 5.91 Å². The molecule has 0 aliphatic carbocycles. The molecule has 0 aromatic heterocycles. The third-order valence-corrected chi connectivity index (χ3v) is 2.66. The summed E-state index contributed by atoms with van der Waals surface area (Å²) in [5.41, 5.74) is -0.694. The van der Waals surface area contributed by atoms with Crippen LogP contribution in [0.3, 0.4) is 0 Å². The van der Waals surface area contributed by atoms with Gasteiger partial charge in [0.2, 0.25) is 0 Å². The molecule has 0 saturated carbocycles. The van der Waals surface area contributed by atoms with Gasteiger partial charge in [0.25, 0.3) is 5.91 Å². The number of carbonyl (C=O) groups is 1. The summed E-state index contributed by atoms with van der Waals surface area (Å²) in [6.07, 6.45) is 0. The molecule has 1 N–H and O–H groups in total. The molecular formula is C13H6ClF4NO. The average Bonchev–Trinajstić information content (AvgIpc) is 2.38. The summed E-state index contributed by atoms with van der Waals surface area (Å²) in [7, 11) is 0. The maximum Gasteiger partial charge on any atom is 0.255 e. The molecule has 0 unspecified atom stereocenters. The Hall–Kier alpha value is -2.08. The van der Waals surface area contributed by atoms with Crippen molar-refractivity contribution in [2.75, 3.05) is 5.32 Å². The molecule has 0 radical (unpaired) electrons. The smallest absolute Gasteiger partial charge is 0.255 e. The first-order valence-electron chi connectivity index (χ1n) is 5.29. The zero-order valence-corrected chi connectivity index (χ0v) is 10.4. The van der Waals surface area contributed by atoms with Crippen LogP contribution in [0.25, 0.3) is 0 Å². The second-order valence-electron chi connectivity index (χ2n) is 3.83. The lowest BCUT2D eigenvalue weighted by atomic mass is 10.2. The third-order valence-electron chi connectivity index (χ3n) is 2.43. The second-order valence-corrected chi connectivity index (χ2v) is 4.27. The van der Waals surface area contributed by atoms with Gasteiger partial charge in [-0.1, -0.05) is 11.6 Å². The Morgan fingerprint density at radius 3 is 2.10 bits per heavy atom. The van der Waals surface area contributed by atoms with E-state index in [0.29, 0.717) is 12.1 Å². The van der Waals surface area contributed by atoms with Crippen LogP contribution < -0.4 is 5.32 Å². The molecule has 1 amide bonds. The van der Waals surface area contributed by atoms with Crippen LogP contribution in [0.4, 0.5) is 23.2 Å². The summed E-state index contributed by atoms with van der Waals surface area (Å²) >= 11 is 5.54. The quantitative estimate of drug-likeness (QED) is 0.655. The van der Waals surface area contributed by atoms with Gasteiger partial charge in [0.1, 0.15) is 5.82 Å². The molecule has 2 nitrogen and oxygen atoms in total. The molecule has 2 rings (SSSR count). The largest absolute Gasteiger partial charge is 0.319 e. The van der Waals surface area contributed by atoms with Gasteiger partial charge in [-0.05, 0) is 30.3 Å². The maximum absolute atomic E-state index is 13.4. The number of rotatable bonds is 2. The summed E-state index contributed by atoms with van der Waals surface area (Å²) in [5.74, 6) is -6.49. The molecule has 0 bridgehead atoms. The van der Waals surface area contributed by atoms with Crippen molar-refractivity contribution in [3.8, 4) is 0 Å². The van der Waals surface area contributed by atoms with Gasteiger partial charge in [-0.15, -0.1) is 0 Å². The molecule has 104 valence electrons. The van der Waals surface area contributed by atoms with E-state index in [9.17, 15) is 22.4 Å². The maximum atomic E-state index is 13.4. The van der Waals surface area contributed by atoms with Crippen molar-refractivity contribution < 1.29 is 22.4 Å². The standard InChI is InChI=1S/C13H6ClF4NO/c14-7-1-2-11(8(15)5-7)19-13(20)6-3-9(16)12(18)10(17)4-6/h1-5H,(H,19,20). The summed E-state index contributed by atoms with van der Waals surface area (Å²) in [6.45, 7) is 0. The van der Waals surface area contributed by atoms with E-state index in [4.69, 9.17) is 11.6 Å². The first kappa shape index (κ1) is 14.3. The predicted molar refractivity (Wildman–Crippen MR) is 65.7 cm³/mol. The van der Waals surface area contributed by atoms with Gasteiger partial charge in [-0.25, -0.2) is 17.6 Å². The molecule has 0 spiro atoms. The Morgan fingerprint density at radius 2 is 1.55 bits per heavy atom. The highest BCUT2D eigenvalue weighted by Crippen LogP contribution is 2.20. The normalized spacial score (nSPS) is 10.4. The fraction of sp³-hybridized carbons (Fsp3) is 0. The highest BCUT2D eigenvalue weighted by atomic mass is 35.5. The molecule has 0 aliphatic rings. The minimum absolute atomic E-state index is 0.124. The van der Waals surface area contributed by atoms with E-state index in [0.717, 1.165) is 6.07 Å². The molecule has 0 aliphatic heterocycles. The third kappa shape index (κ3) is 2.91. The Balaban J connectivity index is 2.28. The van der Waals surface area contributed by atoms with Gasteiger partial charge in [-0.2, -0.15) is 0 Å². The van der Waals surface area contributed by atoms with Gasteiger partial charge in [0.15, 0.2) is 17.5 Å². The van der Waals surface area contributed by atoms with Crippen molar-refractivity contribution in [3.05, 3.63) is 64.2 Å². The first-order chi connectivity index (χ1) is 9.38. The van der Waals surface area contributed by atoms with E-state index in [-0.39, 0.29) is 10.7 Å². The van der Waals surface area contributed by atoms with Crippen molar-refractivity contribution in [1.82, 2.24) is 0 Å². The summed E-state index contributed by atoms with van der Waals surface area (Å²) in [6, 6.07) is 4.50. The summed E-state index contributed by atoms with van der Waals surface area (Å²) in [4.78, 5) is 11.7. The minimum Gasteiger partial charge on any atom is -0.319 e. The number of nitrogens with one attached hydrogen (secondary N) is 1. The molecule has 0 atom stereocenters. The minimum atomic E-state index is -1.68. The zero-order chi connectivity index (χ0) is 14.9. The Labute approximate surface area is 116 Å². The van der Waals surface area contributed by atoms with Crippen LogP contribution in [0.15, 0.2) is 30.3 Å². The summed E-state index contributed by atoms with van der Waals surface area (Å²) < 4.78 is 52.2. The lowest BCUT2D eigenvalue weighted by molar-refractivity contribution is 0.102. The van der Waals surface area contributed by atoms with E-state index >= 15 is 0 Å². The van der Waals surface area contributed by atoms with Crippen LogP contribution in [0, 0.1) is 23.3 Å². The summed E-state index contributed by atoms with van der Waals surface area (Å²) in [5, 5.41) is 2.22. The lowest BCUT2D eigenvalue weighted by Gasteiger charge is -2.07. The van der Waals surface area contributed by atoms with Gasteiger partial charge >= 0.3 is 0 Å². The van der Waals surface area contributed by atoms with E-state index in [1.54, 1.807) is 0 Å². The van der Waals surface area contributed by atoms with Crippen LogP contribution in [0.5, 0.6) is 0 Å². The number of halogens is 5. The molecule has 0 fully saturated rings. The monoisotopic (exact) mass is 303 g/mol. The van der Waals surface area contributed by atoms with Crippen molar-refractivity contribution >= 4 is 23.2 Å². The van der Waals surface area contributed by atoms with E-state index in [1.807, 2.05) is 0 Å². The van der Waals surface area contributed by atoms with Gasteiger partial charge in [0, 0.05) is 10.6 Å². The Bertz CT molecular complexity index is 667. The Morgan fingerprint density at radius 1 is 0.950 bits per heavy atom. The zero-order valence-electron chi connectivity index (χ0n) is 9.68. The number of hydrogen-bond acceptors (Lipinski definition) is 1.